The van der Waals surface area contributed by atoms with Crippen molar-refractivity contribution in [2.24, 2.45) is 0 Å². The van der Waals surface area contributed by atoms with Crippen LogP contribution in [0.2, 0.25) is 0 Å². The minimum absolute atomic E-state index is 0.0423. The van der Waals surface area contributed by atoms with E-state index < -0.39 is 0 Å². The third kappa shape index (κ3) is 3.34. The number of hydrogen-bond donors (Lipinski definition) is 1. The number of rotatable bonds is 5. The quantitative estimate of drug-likeness (QED) is 0.782. The summed E-state index contributed by atoms with van der Waals surface area (Å²) < 4.78 is 5.57. The van der Waals surface area contributed by atoms with E-state index >= 15 is 0 Å². The smallest absolute Gasteiger partial charge is 0.213 e. The number of ether oxygens (including phenoxy) is 1. The summed E-state index contributed by atoms with van der Waals surface area (Å²) >= 11 is 0. The van der Waals surface area contributed by atoms with Crippen LogP contribution in [0.3, 0.4) is 0 Å². The van der Waals surface area contributed by atoms with Gasteiger partial charge in [0.05, 0.1) is 18.4 Å². The molecular weight excluding hydrogens is 178 g/mol. The lowest BCUT2D eigenvalue weighted by molar-refractivity contribution is 0.198. The Labute approximate surface area is 84.7 Å². The molecule has 14 heavy (non-hydrogen) atoms. The molecule has 0 saturated carbocycles. The zero-order valence-corrected chi connectivity index (χ0v) is 8.73. The van der Waals surface area contributed by atoms with Crippen molar-refractivity contribution in [2.75, 3.05) is 0 Å². The second-order valence-electron chi connectivity index (χ2n) is 3.34. The topological polar surface area (TPSA) is 42.4 Å². The second kappa shape index (κ2) is 5.60. The van der Waals surface area contributed by atoms with Crippen LogP contribution in [-0.4, -0.2) is 16.2 Å². The molecular formula is C11H17NO2. The number of hydrogen-bond acceptors (Lipinski definition) is 3. The summed E-state index contributed by atoms with van der Waals surface area (Å²) in [5.41, 5.74) is 0.645. The molecule has 1 aromatic heterocycles. The molecule has 78 valence electrons. The molecule has 1 rings (SSSR count). The zero-order chi connectivity index (χ0) is 10.4. The van der Waals surface area contributed by atoms with Crippen molar-refractivity contribution >= 4 is 0 Å². The lowest BCUT2D eigenvalue weighted by atomic mass is 10.2. The number of aliphatic hydroxyl groups is 1. The normalized spacial score (nSPS) is 12.5. The first kappa shape index (κ1) is 11.0. The second-order valence-corrected chi connectivity index (χ2v) is 3.34. The molecule has 0 aromatic carbocycles. The van der Waals surface area contributed by atoms with Crippen LogP contribution in [0, 0.1) is 0 Å². The van der Waals surface area contributed by atoms with Crippen molar-refractivity contribution in [2.45, 2.75) is 39.4 Å². The summed E-state index contributed by atoms with van der Waals surface area (Å²) in [6.07, 6.45) is 2.30. The highest BCUT2D eigenvalue weighted by Gasteiger charge is 2.03. The molecule has 0 aliphatic heterocycles. The lowest BCUT2D eigenvalue weighted by Gasteiger charge is -2.12. The van der Waals surface area contributed by atoms with Gasteiger partial charge < -0.3 is 9.84 Å². The van der Waals surface area contributed by atoms with E-state index in [-0.39, 0.29) is 12.7 Å². The van der Waals surface area contributed by atoms with Crippen LogP contribution in [-0.2, 0) is 6.61 Å². The molecule has 0 fully saturated rings. The fourth-order valence-electron chi connectivity index (χ4n) is 1.28. The van der Waals surface area contributed by atoms with Crippen molar-refractivity contribution in [3.8, 4) is 5.88 Å². The van der Waals surface area contributed by atoms with Gasteiger partial charge in [-0.15, -0.1) is 0 Å². The SMILES string of the molecule is CCCC(C)Oc1cccc(CO)n1. The molecule has 1 aromatic rings. The van der Waals surface area contributed by atoms with E-state index in [4.69, 9.17) is 9.84 Å². The Hall–Kier alpha value is -1.09. The number of aliphatic hydroxyl groups excluding tert-OH is 1. The minimum Gasteiger partial charge on any atom is -0.475 e. The van der Waals surface area contributed by atoms with Gasteiger partial charge in [0.1, 0.15) is 0 Å². The Bertz CT molecular complexity index is 276. The van der Waals surface area contributed by atoms with Crippen molar-refractivity contribution in [1.82, 2.24) is 4.98 Å². The van der Waals surface area contributed by atoms with Crippen LogP contribution >= 0.6 is 0 Å². The van der Waals surface area contributed by atoms with Crippen molar-refractivity contribution < 1.29 is 9.84 Å². The van der Waals surface area contributed by atoms with Crippen LogP contribution in [0.15, 0.2) is 18.2 Å². The predicted octanol–water partition coefficient (Wildman–Crippen LogP) is 2.14. The van der Waals surface area contributed by atoms with Crippen LogP contribution in [0.4, 0.5) is 0 Å². The first-order valence-electron chi connectivity index (χ1n) is 4.99. The Morgan fingerprint density at radius 1 is 1.50 bits per heavy atom. The van der Waals surface area contributed by atoms with E-state index in [2.05, 4.69) is 11.9 Å². The number of aromatic nitrogens is 1. The van der Waals surface area contributed by atoms with Gasteiger partial charge in [-0.05, 0) is 19.4 Å². The van der Waals surface area contributed by atoms with Crippen molar-refractivity contribution in [1.29, 1.82) is 0 Å². The maximum Gasteiger partial charge on any atom is 0.213 e. The summed E-state index contributed by atoms with van der Waals surface area (Å²) in [6.45, 7) is 4.10. The van der Waals surface area contributed by atoms with E-state index in [1.807, 2.05) is 19.1 Å². The average Bonchev–Trinajstić information content (AvgIpc) is 2.18. The fourth-order valence-corrected chi connectivity index (χ4v) is 1.28. The van der Waals surface area contributed by atoms with Gasteiger partial charge in [0.15, 0.2) is 0 Å². The highest BCUT2D eigenvalue weighted by atomic mass is 16.5. The first-order valence-corrected chi connectivity index (χ1v) is 4.99. The monoisotopic (exact) mass is 195 g/mol. The Kier molecular flexibility index (Phi) is 4.40. The van der Waals surface area contributed by atoms with Gasteiger partial charge in [-0.25, -0.2) is 4.98 Å². The van der Waals surface area contributed by atoms with E-state index in [0.717, 1.165) is 12.8 Å². The number of nitrogens with zero attached hydrogens (tertiary/aromatic N) is 1. The molecule has 0 spiro atoms. The standard InChI is InChI=1S/C11H17NO2/c1-3-5-9(2)14-11-7-4-6-10(8-13)12-11/h4,6-7,9,13H,3,5,8H2,1-2H3. The van der Waals surface area contributed by atoms with Gasteiger partial charge in [-0.2, -0.15) is 0 Å². The summed E-state index contributed by atoms with van der Waals surface area (Å²) in [5, 5.41) is 8.88. The van der Waals surface area contributed by atoms with Crippen LogP contribution in [0.1, 0.15) is 32.4 Å². The van der Waals surface area contributed by atoms with Gasteiger partial charge in [0.2, 0.25) is 5.88 Å². The fraction of sp³-hybridized carbons (Fsp3) is 0.545. The van der Waals surface area contributed by atoms with Crippen LogP contribution < -0.4 is 4.74 Å². The largest absolute Gasteiger partial charge is 0.475 e. The molecule has 0 amide bonds. The van der Waals surface area contributed by atoms with Gasteiger partial charge in [-0.1, -0.05) is 19.4 Å². The van der Waals surface area contributed by atoms with Gasteiger partial charge in [0, 0.05) is 6.07 Å². The van der Waals surface area contributed by atoms with Crippen molar-refractivity contribution in [3.63, 3.8) is 0 Å². The maximum atomic E-state index is 8.88. The maximum absolute atomic E-state index is 8.88. The van der Waals surface area contributed by atoms with Crippen LogP contribution in [0.5, 0.6) is 5.88 Å². The lowest BCUT2D eigenvalue weighted by Crippen LogP contribution is -2.12. The van der Waals surface area contributed by atoms with Gasteiger partial charge >= 0.3 is 0 Å². The molecule has 1 atom stereocenters. The Balaban J connectivity index is 2.57. The first-order chi connectivity index (χ1) is 6.76. The Morgan fingerprint density at radius 3 is 2.93 bits per heavy atom. The summed E-state index contributed by atoms with van der Waals surface area (Å²) in [5.74, 6) is 0.595. The van der Waals surface area contributed by atoms with E-state index in [1.54, 1.807) is 6.07 Å². The van der Waals surface area contributed by atoms with Gasteiger partial charge in [0.25, 0.3) is 0 Å². The summed E-state index contributed by atoms with van der Waals surface area (Å²) in [6, 6.07) is 5.43. The summed E-state index contributed by atoms with van der Waals surface area (Å²) in [4.78, 5) is 4.14. The van der Waals surface area contributed by atoms with E-state index in [0.29, 0.717) is 11.6 Å². The molecule has 1 N–H and O–H groups in total. The zero-order valence-electron chi connectivity index (χ0n) is 8.73. The molecule has 0 bridgehead atoms. The molecule has 0 aliphatic carbocycles. The van der Waals surface area contributed by atoms with E-state index in [9.17, 15) is 0 Å². The van der Waals surface area contributed by atoms with Crippen LogP contribution in [0.25, 0.3) is 0 Å². The molecule has 3 nitrogen and oxygen atoms in total. The number of pyridine rings is 1. The highest BCUT2D eigenvalue weighted by molar-refractivity contribution is 5.15. The van der Waals surface area contributed by atoms with Crippen molar-refractivity contribution in [3.05, 3.63) is 23.9 Å². The predicted molar refractivity (Wildman–Crippen MR) is 55.2 cm³/mol. The third-order valence-corrected chi connectivity index (χ3v) is 1.96. The van der Waals surface area contributed by atoms with E-state index in [1.165, 1.54) is 0 Å². The molecule has 1 unspecified atom stereocenters. The Morgan fingerprint density at radius 2 is 2.29 bits per heavy atom. The third-order valence-electron chi connectivity index (χ3n) is 1.96. The minimum atomic E-state index is -0.0423. The molecule has 0 radical (unpaired) electrons. The average molecular weight is 195 g/mol. The molecule has 0 aliphatic rings. The molecule has 1 heterocycles. The molecule has 3 heteroatoms. The summed E-state index contributed by atoms with van der Waals surface area (Å²) in [7, 11) is 0. The molecule has 0 saturated heterocycles. The van der Waals surface area contributed by atoms with Gasteiger partial charge in [-0.3, -0.25) is 0 Å². The highest BCUT2D eigenvalue weighted by Crippen LogP contribution is 2.11.